The van der Waals surface area contributed by atoms with Crippen LogP contribution in [0.25, 0.3) is 11.3 Å². The van der Waals surface area contributed by atoms with Crippen LogP contribution in [0.3, 0.4) is 0 Å². The number of thioether (sulfide) groups is 1. The van der Waals surface area contributed by atoms with Gasteiger partial charge >= 0.3 is 0 Å². The zero-order valence-electron chi connectivity index (χ0n) is 13.8. The van der Waals surface area contributed by atoms with Gasteiger partial charge in [0.15, 0.2) is 16.9 Å². The standard InChI is InChI=1S/C18H15N5OS2/c19-8-14(17-21-15(9-25-17)12-4-2-1-3-5-12)16(24)10-26-18-22-20-11-23(18)13-6-7-13/h1-5,9,11,13-14H,6-7,10H2. The Morgan fingerprint density at radius 3 is 2.92 bits per heavy atom. The molecule has 2 heterocycles. The van der Waals surface area contributed by atoms with Crippen molar-refractivity contribution in [2.75, 3.05) is 5.75 Å². The van der Waals surface area contributed by atoms with E-state index >= 15 is 0 Å². The number of hydrogen-bond acceptors (Lipinski definition) is 7. The van der Waals surface area contributed by atoms with E-state index in [1.54, 1.807) is 6.33 Å². The molecule has 26 heavy (non-hydrogen) atoms. The minimum Gasteiger partial charge on any atom is -0.306 e. The number of benzene rings is 1. The van der Waals surface area contributed by atoms with Gasteiger partial charge < -0.3 is 4.57 Å². The number of rotatable bonds is 7. The van der Waals surface area contributed by atoms with Gasteiger partial charge in [-0.2, -0.15) is 5.26 Å². The summed E-state index contributed by atoms with van der Waals surface area (Å²) in [6.07, 6.45) is 3.96. The van der Waals surface area contributed by atoms with Crippen LogP contribution in [0.1, 0.15) is 29.8 Å². The van der Waals surface area contributed by atoms with Crippen molar-refractivity contribution >= 4 is 28.9 Å². The summed E-state index contributed by atoms with van der Waals surface area (Å²) in [5, 5.41) is 20.7. The van der Waals surface area contributed by atoms with Gasteiger partial charge in [0.25, 0.3) is 0 Å². The molecular weight excluding hydrogens is 366 g/mol. The third-order valence-corrected chi connectivity index (χ3v) is 6.00. The second-order valence-electron chi connectivity index (χ2n) is 6.01. The predicted octanol–water partition coefficient (Wildman–Crippen LogP) is 3.71. The van der Waals surface area contributed by atoms with Crippen molar-refractivity contribution in [3.05, 3.63) is 47.0 Å². The second-order valence-corrected chi connectivity index (χ2v) is 7.84. The molecule has 0 bridgehead atoms. The zero-order valence-corrected chi connectivity index (χ0v) is 15.4. The third-order valence-electron chi connectivity index (χ3n) is 4.11. The van der Waals surface area contributed by atoms with E-state index in [0.717, 1.165) is 29.3 Å². The first kappa shape index (κ1) is 16.9. The van der Waals surface area contributed by atoms with Gasteiger partial charge in [-0.05, 0) is 12.8 Å². The maximum absolute atomic E-state index is 12.6. The maximum atomic E-state index is 12.6. The first-order valence-electron chi connectivity index (χ1n) is 8.21. The molecule has 8 heteroatoms. The highest BCUT2D eigenvalue weighted by Gasteiger charge is 2.28. The lowest BCUT2D eigenvalue weighted by Gasteiger charge is -2.06. The van der Waals surface area contributed by atoms with Crippen molar-refractivity contribution in [2.24, 2.45) is 0 Å². The van der Waals surface area contributed by atoms with Gasteiger partial charge in [0.05, 0.1) is 17.5 Å². The number of Topliss-reactive ketones (excluding diaryl/α,β-unsaturated/α-hetero) is 1. The van der Waals surface area contributed by atoms with E-state index in [2.05, 4.69) is 21.3 Å². The Kier molecular flexibility index (Phi) is 4.82. The summed E-state index contributed by atoms with van der Waals surface area (Å²) >= 11 is 2.69. The smallest absolute Gasteiger partial charge is 0.191 e. The molecule has 2 aromatic heterocycles. The number of carbonyl (C=O) groups excluding carboxylic acids is 1. The number of thiazole rings is 1. The number of nitrogens with zero attached hydrogens (tertiary/aromatic N) is 5. The summed E-state index contributed by atoms with van der Waals surface area (Å²) in [7, 11) is 0. The van der Waals surface area contributed by atoms with Crippen LogP contribution < -0.4 is 0 Å². The van der Waals surface area contributed by atoms with Crippen LogP contribution in [0.15, 0.2) is 47.2 Å². The molecule has 1 aliphatic rings. The molecule has 130 valence electrons. The number of hydrogen-bond donors (Lipinski definition) is 0. The highest BCUT2D eigenvalue weighted by Crippen LogP contribution is 2.37. The summed E-state index contributed by atoms with van der Waals surface area (Å²) in [5.41, 5.74) is 1.77. The molecule has 4 rings (SSSR count). The second kappa shape index (κ2) is 7.40. The average molecular weight is 381 g/mol. The Labute approximate surface area is 158 Å². The van der Waals surface area contributed by atoms with Crippen LogP contribution in [0.5, 0.6) is 0 Å². The highest BCUT2D eigenvalue weighted by atomic mass is 32.2. The van der Waals surface area contributed by atoms with Gasteiger partial charge in [-0.3, -0.25) is 4.79 Å². The van der Waals surface area contributed by atoms with E-state index in [1.165, 1.54) is 23.1 Å². The molecule has 3 aromatic rings. The van der Waals surface area contributed by atoms with Gasteiger partial charge in [0, 0.05) is 17.0 Å². The van der Waals surface area contributed by atoms with Crippen LogP contribution in [-0.4, -0.2) is 31.3 Å². The molecule has 0 radical (unpaired) electrons. The molecule has 1 atom stereocenters. The molecule has 1 aliphatic carbocycles. The Balaban J connectivity index is 1.45. The monoisotopic (exact) mass is 381 g/mol. The molecule has 6 nitrogen and oxygen atoms in total. The van der Waals surface area contributed by atoms with E-state index in [1.807, 2.05) is 40.3 Å². The maximum Gasteiger partial charge on any atom is 0.191 e. The lowest BCUT2D eigenvalue weighted by molar-refractivity contribution is -0.116. The number of carbonyl (C=O) groups is 1. The normalized spacial score (nSPS) is 14.7. The minimum atomic E-state index is -0.845. The molecule has 1 aromatic carbocycles. The van der Waals surface area contributed by atoms with E-state index in [-0.39, 0.29) is 11.5 Å². The molecule has 0 aliphatic heterocycles. The molecule has 0 N–H and O–H groups in total. The van der Waals surface area contributed by atoms with Gasteiger partial charge in [-0.1, -0.05) is 42.1 Å². The SMILES string of the molecule is N#CC(C(=O)CSc1nncn1C1CC1)c1nc(-c2ccccc2)cs1. The predicted molar refractivity (Wildman–Crippen MR) is 99.9 cm³/mol. The lowest BCUT2D eigenvalue weighted by Crippen LogP contribution is -2.13. The first-order valence-corrected chi connectivity index (χ1v) is 10.1. The summed E-state index contributed by atoms with van der Waals surface area (Å²) in [6, 6.07) is 12.3. The quantitative estimate of drug-likeness (QED) is 0.580. The summed E-state index contributed by atoms with van der Waals surface area (Å²) in [5.74, 6) is -0.816. The fraction of sp³-hybridized carbons (Fsp3) is 0.278. The minimum absolute atomic E-state index is 0.156. The molecular formula is C18H15N5OS2. The van der Waals surface area contributed by atoms with E-state index in [9.17, 15) is 10.1 Å². The number of ketones is 1. The molecule has 1 fully saturated rings. The van der Waals surface area contributed by atoms with Gasteiger partial charge in [0.2, 0.25) is 0 Å². The molecule has 1 unspecified atom stereocenters. The van der Waals surface area contributed by atoms with Crippen LogP contribution in [0, 0.1) is 11.3 Å². The highest BCUT2D eigenvalue weighted by molar-refractivity contribution is 7.99. The van der Waals surface area contributed by atoms with Crippen LogP contribution in [-0.2, 0) is 4.79 Å². The van der Waals surface area contributed by atoms with Crippen molar-refractivity contribution in [1.82, 2.24) is 19.7 Å². The third kappa shape index (κ3) is 3.54. The average Bonchev–Trinajstić information content (AvgIpc) is 3.21. The van der Waals surface area contributed by atoms with Crippen molar-refractivity contribution in [1.29, 1.82) is 5.26 Å². The van der Waals surface area contributed by atoms with E-state index in [4.69, 9.17) is 0 Å². The lowest BCUT2D eigenvalue weighted by atomic mass is 10.1. The van der Waals surface area contributed by atoms with E-state index in [0.29, 0.717) is 11.0 Å². The molecule has 0 saturated heterocycles. The number of nitriles is 1. The van der Waals surface area contributed by atoms with Crippen molar-refractivity contribution in [2.45, 2.75) is 30.0 Å². The zero-order chi connectivity index (χ0) is 17.9. The first-order chi connectivity index (χ1) is 12.8. The van der Waals surface area contributed by atoms with Crippen molar-refractivity contribution in [3.63, 3.8) is 0 Å². The summed E-state index contributed by atoms with van der Waals surface area (Å²) < 4.78 is 2.01. The topological polar surface area (TPSA) is 84.5 Å². The van der Waals surface area contributed by atoms with Gasteiger partial charge in [-0.15, -0.1) is 21.5 Å². The summed E-state index contributed by atoms with van der Waals surface area (Å²) in [4.78, 5) is 17.1. The van der Waals surface area contributed by atoms with Gasteiger partial charge in [0.1, 0.15) is 11.3 Å². The van der Waals surface area contributed by atoms with Crippen molar-refractivity contribution in [3.8, 4) is 17.3 Å². The largest absolute Gasteiger partial charge is 0.306 e. The Morgan fingerprint density at radius 2 is 2.19 bits per heavy atom. The Morgan fingerprint density at radius 1 is 1.38 bits per heavy atom. The Bertz CT molecular complexity index is 955. The number of aromatic nitrogens is 4. The molecule has 0 amide bonds. The van der Waals surface area contributed by atoms with Crippen LogP contribution in [0.4, 0.5) is 0 Å². The molecule has 0 spiro atoms. The molecule has 1 saturated carbocycles. The van der Waals surface area contributed by atoms with Crippen molar-refractivity contribution < 1.29 is 4.79 Å². The fourth-order valence-corrected chi connectivity index (χ4v) is 4.36. The van der Waals surface area contributed by atoms with Gasteiger partial charge in [-0.25, -0.2) is 4.98 Å². The van der Waals surface area contributed by atoms with Crippen LogP contribution >= 0.6 is 23.1 Å². The van der Waals surface area contributed by atoms with E-state index < -0.39 is 5.92 Å². The van der Waals surface area contributed by atoms with Crippen LogP contribution in [0.2, 0.25) is 0 Å². The Hall–Kier alpha value is -2.50. The fourth-order valence-electron chi connectivity index (χ4n) is 2.58. The summed E-state index contributed by atoms with van der Waals surface area (Å²) in [6.45, 7) is 0.